The van der Waals surface area contributed by atoms with Crippen LogP contribution >= 0.6 is 44.5 Å². The molecule has 0 heterocycles. The first-order valence-corrected chi connectivity index (χ1v) is 37.6. The van der Waals surface area contributed by atoms with Gasteiger partial charge in [-0.1, -0.05) is 80.8 Å². The Bertz CT molecular complexity index is 921. The van der Waals surface area contributed by atoms with Crippen molar-refractivity contribution in [1.29, 1.82) is 0 Å². The summed E-state index contributed by atoms with van der Waals surface area (Å²) in [6.07, 6.45) is 22.3. The molecule has 0 aromatic carbocycles. The van der Waals surface area contributed by atoms with E-state index in [9.17, 15) is 0 Å². The standard InChI is InChI=1S/C18H40O4Si.C18H40O3SSi.C12H26O4.C4H8Br2.C4H10O2.CH4/c1-18(2,3)23(4,5)22-17-11-10-16-21-15-9-8-14-20-13-7-6-12-19;1-18(2,3)23(4,5)21-16-9-8-14-19-12-6-7-13-20-15-10-11-17-22;13-7-1-3-9-15-11-5-6-12-16-10-4-2-8-14;2*5-3-1-2-4-6;/h19H,6-17H2,1-5H3;22H,6-17H2,1-5H3;13-14H,1-12H2;1-4H2;5-6H,1-4H2;1H4. The smallest absolute Gasteiger partial charge is 0.191 e. The number of halogens is 2. The molecule has 0 saturated heterocycles. The SMILES string of the molecule is BrCCCCBr.C.CC(C)(C)[Si](C)(C)OCCCCOCCCCOCCCCO.CC(C)(C)[Si](C)(C)OCCCCOCCCCOCCCCS.OCCCCO.OCCCCOCCCCOCCCCO. The van der Waals surface area contributed by atoms with Crippen molar-refractivity contribution in [2.75, 3.05) is 142 Å². The molecule has 0 saturated carbocycles. The zero-order valence-electron chi connectivity index (χ0n) is 49.8. The fraction of sp³-hybridized carbons (Fsp3) is 1.00. The zero-order chi connectivity index (χ0) is 56.8. The van der Waals surface area contributed by atoms with Crippen molar-refractivity contribution in [3.05, 3.63) is 0 Å². The summed E-state index contributed by atoms with van der Waals surface area (Å²) >= 11 is 10.8. The average molecular weight is 1270 g/mol. The van der Waals surface area contributed by atoms with Gasteiger partial charge < -0.3 is 62.8 Å². The lowest BCUT2D eigenvalue weighted by molar-refractivity contribution is 0.0960. The van der Waals surface area contributed by atoms with Crippen LogP contribution in [0, 0.1) is 0 Å². The van der Waals surface area contributed by atoms with Gasteiger partial charge in [0.25, 0.3) is 0 Å². The van der Waals surface area contributed by atoms with Gasteiger partial charge in [0.05, 0.1) is 0 Å². The summed E-state index contributed by atoms with van der Waals surface area (Å²) in [5.41, 5.74) is 0. The maximum absolute atomic E-state index is 8.64. The highest BCUT2D eigenvalue weighted by Crippen LogP contribution is 2.37. The molecular formula is C57H128Br2O13SSi2. The molecule has 0 bridgehead atoms. The minimum absolute atomic E-state index is 0. The third-order valence-corrected chi connectivity index (χ3v) is 22.8. The molecule has 0 aliphatic rings. The topological polar surface area (TPSA) is 175 Å². The van der Waals surface area contributed by atoms with Gasteiger partial charge in [0.1, 0.15) is 0 Å². The maximum atomic E-state index is 8.64. The predicted octanol–water partition coefficient (Wildman–Crippen LogP) is 14.0. The minimum atomic E-state index is -1.58. The fourth-order valence-electron chi connectivity index (χ4n) is 5.21. The van der Waals surface area contributed by atoms with E-state index in [1.54, 1.807) is 0 Å². The first kappa shape index (κ1) is 87.5. The van der Waals surface area contributed by atoms with E-state index in [0.29, 0.717) is 10.1 Å². The average Bonchev–Trinajstić information content (AvgIpc) is 3.35. The summed E-state index contributed by atoms with van der Waals surface area (Å²) < 4.78 is 45.4. The highest BCUT2D eigenvalue weighted by Gasteiger charge is 2.37. The molecule has 0 aromatic heterocycles. The van der Waals surface area contributed by atoms with Gasteiger partial charge >= 0.3 is 0 Å². The Labute approximate surface area is 489 Å². The quantitative estimate of drug-likeness (QED) is 0.0147. The van der Waals surface area contributed by atoms with Crippen molar-refractivity contribution in [3.63, 3.8) is 0 Å². The number of unbranched alkanes of at least 4 members (excludes halogenated alkanes) is 11. The number of thiol groups is 1. The Morgan fingerprint density at radius 2 is 0.480 bits per heavy atom. The van der Waals surface area contributed by atoms with Crippen molar-refractivity contribution in [2.24, 2.45) is 0 Å². The molecule has 0 atom stereocenters. The molecule has 0 radical (unpaired) electrons. The Morgan fingerprint density at radius 1 is 0.307 bits per heavy atom. The molecule has 462 valence electrons. The molecule has 0 amide bonds. The molecular weight excluding hydrogens is 1140 g/mol. The molecule has 0 aliphatic carbocycles. The van der Waals surface area contributed by atoms with Gasteiger partial charge in [-0.25, -0.2) is 0 Å². The Balaban J connectivity index is -0.000000215. The minimum Gasteiger partial charge on any atom is -0.417 e. The molecule has 0 rings (SSSR count). The number of aliphatic hydroxyl groups excluding tert-OH is 5. The first-order chi connectivity index (χ1) is 35.4. The molecule has 5 N–H and O–H groups in total. The van der Waals surface area contributed by atoms with Crippen molar-refractivity contribution in [3.8, 4) is 0 Å². The van der Waals surface area contributed by atoms with Gasteiger partial charge in [-0.3, -0.25) is 0 Å². The van der Waals surface area contributed by atoms with E-state index in [0.717, 1.165) is 237 Å². The van der Waals surface area contributed by atoms with E-state index in [4.69, 9.17) is 62.8 Å². The first-order valence-electron chi connectivity index (χ1n) is 28.9. The number of ether oxygens (including phenoxy) is 6. The lowest BCUT2D eigenvalue weighted by Crippen LogP contribution is -2.40. The van der Waals surface area contributed by atoms with Crippen LogP contribution < -0.4 is 0 Å². The molecule has 13 nitrogen and oxygen atoms in total. The molecule has 0 fully saturated rings. The maximum Gasteiger partial charge on any atom is 0.191 e. The third kappa shape index (κ3) is 77.3. The van der Waals surface area contributed by atoms with Crippen LogP contribution in [0.1, 0.15) is 190 Å². The second-order valence-corrected chi connectivity index (χ2v) is 33.0. The number of aliphatic hydroxyl groups is 5. The van der Waals surface area contributed by atoms with Crippen LogP contribution in [0.4, 0.5) is 0 Å². The Hall–Kier alpha value is 1.22. The van der Waals surface area contributed by atoms with Gasteiger partial charge in [0.15, 0.2) is 16.6 Å². The number of rotatable bonds is 49. The van der Waals surface area contributed by atoms with Gasteiger partial charge in [0, 0.05) is 136 Å². The molecule has 0 aromatic rings. The van der Waals surface area contributed by atoms with Gasteiger partial charge in [0.2, 0.25) is 0 Å². The number of hydrogen-bond acceptors (Lipinski definition) is 14. The largest absolute Gasteiger partial charge is 0.417 e. The summed E-state index contributed by atoms with van der Waals surface area (Å²) in [5.74, 6) is 0.956. The van der Waals surface area contributed by atoms with E-state index >= 15 is 0 Å². The van der Waals surface area contributed by atoms with Crippen LogP contribution in [-0.2, 0) is 37.3 Å². The van der Waals surface area contributed by atoms with Gasteiger partial charge in [-0.05, 0) is 183 Å². The van der Waals surface area contributed by atoms with Crippen LogP contribution in [0.3, 0.4) is 0 Å². The molecule has 0 unspecified atom stereocenters. The van der Waals surface area contributed by atoms with Crippen LogP contribution in [0.2, 0.25) is 36.3 Å². The van der Waals surface area contributed by atoms with Crippen molar-refractivity contribution >= 4 is 61.1 Å². The fourth-order valence-corrected chi connectivity index (χ4v) is 8.41. The van der Waals surface area contributed by atoms with E-state index in [-0.39, 0.29) is 40.5 Å². The highest BCUT2D eigenvalue weighted by atomic mass is 79.9. The van der Waals surface area contributed by atoms with Gasteiger partial charge in [-0.2, -0.15) is 12.6 Å². The van der Waals surface area contributed by atoms with Crippen LogP contribution in [0.25, 0.3) is 0 Å². The monoisotopic (exact) mass is 1270 g/mol. The summed E-state index contributed by atoms with van der Waals surface area (Å²) in [7, 11) is -3.14. The van der Waals surface area contributed by atoms with Gasteiger partial charge in [-0.15, -0.1) is 0 Å². The van der Waals surface area contributed by atoms with E-state index in [1.807, 2.05) is 0 Å². The molecule has 0 aliphatic heterocycles. The number of hydrogen-bond donors (Lipinski definition) is 6. The van der Waals surface area contributed by atoms with Crippen LogP contribution in [-0.4, -0.2) is 184 Å². The summed E-state index contributed by atoms with van der Waals surface area (Å²) in [6, 6.07) is 0. The van der Waals surface area contributed by atoms with E-state index < -0.39 is 16.6 Å². The van der Waals surface area contributed by atoms with Crippen molar-refractivity contribution in [1.82, 2.24) is 0 Å². The Morgan fingerprint density at radius 3 is 0.653 bits per heavy atom. The highest BCUT2D eigenvalue weighted by molar-refractivity contribution is 9.09. The summed E-state index contributed by atoms with van der Waals surface area (Å²) in [6.45, 7) is 35.5. The van der Waals surface area contributed by atoms with Crippen molar-refractivity contribution < 1.29 is 62.8 Å². The second kappa shape index (κ2) is 69.5. The van der Waals surface area contributed by atoms with Crippen molar-refractivity contribution in [2.45, 2.75) is 226 Å². The van der Waals surface area contributed by atoms with Crippen LogP contribution in [0.5, 0.6) is 0 Å². The number of alkyl halides is 2. The second-order valence-electron chi connectivity index (χ2n) is 21.4. The van der Waals surface area contributed by atoms with E-state index in [1.165, 1.54) is 12.8 Å². The molecule has 75 heavy (non-hydrogen) atoms. The lowest BCUT2D eigenvalue weighted by Gasteiger charge is -2.36. The lowest BCUT2D eigenvalue weighted by atomic mass is 10.2. The summed E-state index contributed by atoms with van der Waals surface area (Å²) in [5, 5.41) is 44.8. The normalized spacial score (nSPS) is 11.6. The zero-order valence-corrected chi connectivity index (χ0v) is 55.9. The molecule has 0 spiro atoms. The predicted molar refractivity (Wildman–Crippen MR) is 336 cm³/mol. The summed E-state index contributed by atoms with van der Waals surface area (Å²) in [4.78, 5) is 0. The third-order valence-electron chi connectivity index (χ3n) is 12.3. The van der Waals surface area contributed by atoms with Crippen LogP contribution in [0.15, 0.2) is 0 Å². The van der Waals surface area contributed by atoms with E-state index in [2.05, 4.69) is 112 Å². The molecule has 18 heteroatoms. The Kier molecular flexibility index (Phi) is 81.0.